The Labute approximate surface area is 166 Å². The number of hydrogen-bond donors (Lipinski definition) is 0. The maximum absolute atomic E-state index is 13.1. The van der Waals surface area contributed by atoms with Crippen molar-refractivity contribution < 1.29 is 14.3 Å². The lowest BCUT2D eigenvalue weighted by molar-refractivity contribution is -0.133. The first kappa shape index (κ1) is 19.3. The fourth-order valence-corrected chi connectivity index (χ4v) is 4.77. The van der Waals surface area contributed by atoms with Crippen molar-refractivity contribution in [1.82, 2.24) is 19.8 Å². The lowest BCUT2D eigenvalue weighted by atomic mass is 10.0. The molecule has 28 heavy (non-hydrogen) atoms. The second-order valence-corrected chi connectivity index (χ2v) is 8.22. The summed E-state index contributed by atoms with van der Waals surface area (Å²) in [5.74, 6) is 1.34. The summed E-state index contributed by atoms with van der Waals surface area (Å²) in [5, 5.41) is 0. The molecule has 1 aliphatic carbocycles. The lowest BCUT2D eigenvalue weighted by Gasteiger charge is -2.30. The Balaban J connectivity index is 1.57. The Morgan fingerprint density at radius 1 is 1.11 bits per heavy atom. The largest absolute Gasteiger partial charge is 0.378 e. The molecule has 1 aromatic heterocycles. The Morgan fingerprint density at radius 3 is 2.61 bits per heavy atom. The zero-order chi connectivity index (χ0) is 19.5. The second-order valence-electron chi connectivity index (χ2n) is 8.22. The van der Waals surface area contributed by atoms with Crippen LogP contribution in [0.2, 0.25) is 0 Å². The molecule has 0 N–H and O–H groups in total. The standard InChI is InChI=1S/C21H30N4O3/c1-15-22-14-17(21(27)24-9-11-28-12-10-24)20(23-15)18-7-4-8-25(18)19(26)13-16-5-2-3-6-16/h14,16,18H,2-13H2,1H3/t18-/m1/s1. The van der Waals surface area contributed by atoms with Gasteiger partial charge in [-0.3, -0.25) is 9.59 Å². The van der Waals surface area contributed by atoms with Gasteiger partial charge in [-0.15, -0.1) is 0 Å². The molecule has 1 atom stereocenters. The molecule has 2 saturated heterocycles. The lowest BCUT2D eigenvalue weighted by Crippen LogP contribution is -2.42. The quantitative estimate of drug-likeness (QED) is 0.795. The Bertz CT molecular complexity index is 726. The molecule has 0 bridgehead atoms. The maximum atomic E-state index is 13.1. The number of aryl methyl sites for hydroxylation is 1. The SMILES string of the molecule is Cc1ncc(C(=O)N2CCOCC2)c([C@H]2CCCN2C(=O)CC2CCCC2)n1. The zero-order valence-corrected chi connectivity index (χ0v) is 16.7. The van der Waals surface area contributed by atoms with E-state index in [1.807, 2.05) is 11.8 Å². The molecule has 0 unspecified atom stereocenters. The molecule has 7 heteroatoms. The van der Waals surface area contributed by atoms with Crippen molar-refractivity contribution in [3.8, 4) is 0 Å². The molecule has 3 heterocycles. The molecule has 3 fully saturated rings. The van der Waals surface area contributed by atoms with Crippen LogP contribution in [0.15, 0.2) is 6.20 Å². The predicted molar refractivity (Wildman–Crippen MR) is 104 cm³/mol. The van der Waals surface area contributed by atoms with Gasteiger partial charge in [0, 0.05) is 32.3 Å². The molecule has 2 amide bonds. The van der Waals surface area contributed by atoms with Crippen molar-refractivity contribution in [2.24, 2.45) is 5.92 Å². The van der Waals surface area contributed by atoms with Gasteiger partial charge in [0.15, 0.2) is 0 Å². The van der Waals surface area contributed by atoms with Gasteiger partial charge in [0.05, 0.1) is 30.5 Å². The van der Waals surface area contributed by atoms with Crippen molar-refractivity contribution in [2.45, 2.75) is 57.9 Å². The van der Waals surface area contributed by atoms with E-state index in [-0.39, 0.29) is 17.9 Å². The first-order valence-electron chi connectivity index (χ1n) is 10.6. The highest BCUT2D eigenvalue weighted by atomic mass is 16.5. The van der Waals surface area contributed by atoms with Crippen LogP contribution in [0.1, 0.15) is 72.9 Å². The predicted octanol–water partition coefficient (Wildman–Crippen LogP) is 2.50. The summed E-state index contributed by atoms with van der Waals surface area (Å²) in [6, 6.07) is -0.115. The van der Waals surface area contributed by atoms with Crippen LogP contribution in [0, 0.1) is 12.8 Å². The smallest absolute Gasteiger partial charge is 0.257 e. The van der Waals surface area contributed by atoms with Crippen LogP contribution < -0.4 is 0 Å². The fourth-order valence-electron chi connectivity index (χ4n) is 4.77. The molecule has 7 nitrogen and oxygen atoms in total. The van der Waals surface area contributed by atoms with E-state index in [1.54, 1.807) is 11.1 Å². The van der Waals surface area contributed by atoms with Gasteiger partial charge >= 0.3 is 0 Å². The monoisotopic (exact) mass is 386 g/mol. The minimum atomic E-state index is -0.115. The molecular weight excluding hydrogens is 356 g/mol. The van der Waals surface area contributed by atoms with Crippen LogP contribution in [-0.2, 0) is 9.53 Å². The van der Waals surface area contributed by atoms with E-state index in [2.05, 4.69) is 9.97 Å². The highest BCUT2D eigenvalue weighted by molar-refractivity contribution is 5.95. The number of carbonyl (C=O) groups is 2. The number of morpholine rings is 1. The van der Waals surface area contributed by atoms with Gasteiger partial charge in [-0.25, -0.2) is 9.97 Å². The summed E-state index contributed by atoms with van der Waals surface area (Å²) in [4.78, 5) is 38.9. The molecule has 2 aliphatic heterocycles. The third-order valence-corrected chi connectivity index (χ3v) is 6.29. The van der Waals surface area contributed by atoms with E-state index in [9.17, 15) is 9.59 Å². The minimum absolute atomic E-state index is 0.0478. The van der Waals surface area contributed by atoms with Gasteiger partial charge in [-0.05, 0) is 38.5 Å². The Morgan fingerprint density at radius 2 is 1.86 bits per heavy atom. The second kappa shape index (κ2) is 8.55. The molecule has 0 spiro atoms. The number of rotatable bonds is 4. The minimum Gasteiger partial charge on any atom is -0.378 e. The average Bonchev–Trinajstić information content (AvgIpc) is 3.40. The third-order valence-electron chi connectivity index (χ3n) is 6.29. The molecule has 3 aliphatic rings. The first-order valence-corrected chi connectivity index (χ1v) is 10.6. The van der Waals surface area contributed by atoms with Crippen molar-refractivity contribution in [2.75, 3.05) is 32.8 Å². The number of aromatic nitrogens is 2. The van der Waals surface area contributed by atoms with Crippen molar-refractivity contribution in [3.63, 3.8) is 0 Å². The van der Waals surface area contributed by atoms with Gasteiger partial charge in [-0.2, -0.15) is 0 Å². The molecule has 152 valence electrons. The summed E-state index contributed by atoms with van der Waals surface area (Å²) in [6.07, 6.45) is 8.90. The van der Waals surface area contributed by atoms with Crippen LogP contribution in [-0.4, -0.2) is 64.4 Å². The number of carbonyl (C=O) groups excluding carboxylic acids is 2. The van der Waals surface area contributed by atoms with Crippen molar-refractivity contribution in [1.29, 1.82) is 0 Å². The number of likely N-dealkylation sites (tertiary alicyclic amines) is 1. The number of nitrogens with zero attached hydrogens (tertiary/aromatic N) is 4. The Kier molecular flexibility index (Phi) is 5.90. The van der Waals surface area contributed by atoms with Crippen LogP contribution in [0.3, 0.4) is 0 Å². The van der Waals surface area contributed by atoms with Crippen LogP contribution in [0.5, 0.6) is 0 Å². The summed E-state index contributed by atoms with van der Waals surface area (Å²) >= 11 is 0. The van der Waals surface area contributed by atoms with E-state index in [1.165, 1.54) is 12.8 Å². The normalized spacial score (nSPS) is 23.4. The maximum Gasteiger partial charge on any atom is 0.257 e. The van der Waals surface area contributed by atoms with Crippen molar-refractivity contribution >= 4 is 11.8 Å². The average molecular weight is 386 g/mol. The Hall–Kier alpha value is -2.02. The van der Waals surface area contributed by atoms with E-state index in [4.69, 9.17) is 4.74 Å². The molecule has 0 aromatic carbocycles. The van der Waals surface area contributed by atoms with Gasteiger partial charge in [0.2, 0.25) is 5.91 Å². The summed E-state index contributed by atoms with van der Waals surface area (Å²) in [7, 11) is 0. The molecular formula is C21H30N4O3. The molecule has 1 aromatic rings. The van der Waals surface area contributed by atoms with E-state index >= 15 is 0 Å². The molecule has 0 radical (unpaired) electrons. The number of amides is 2. The summed E-state index contributed by atoms with van der Waals surface area (Å²) in [6.45, 7) is 4.88. The first-order chi connectivity index (χ1) is 13.6. The van der Waals surface area contributed by atoms with E-state index < -0.39 is 0 Å². The summed E-state index contributed by atoms with van der Waals surface area (Å²) in [5.41, 5.74) is 1.26. The zero-order valence-electron chi connectivity index (χ0n) is 16.7. The third kappa shape index (κ3) is 4.04. The highest BCUT2D eigenvalue weighted by Gasteiger charge is 2.36. The van der Waals surface area contributed by atoms with Gasteiger partial charge in [-0.1, -0.05) is 12.8 Å². The van der Waals surface area contributed by atoms with Crippen molar-refractivity contribution in [3.05, 3.63) is 23.3 Å². The van der Waals surface area contributed by atoms with Gasteiger partial charge in [0.25, 0.3) is 5.91 Å². The van der Waals surface area contributed by atoms with Crippen LogP contribution in [0.25, 0.3) is 0 Å². The van der Waals surface area contributed by atoms with Crippen LogP contribution >= 0.6 is 0 Å². The number of hydrogen-bond acceptors (Lipinski definition) is 5. The fraction of sp³-hybridized carbons (Fsp3) is 0.714. The van der Waals surface area contributed by atoms with Gasteiger partial charge in [0.1, 0.15) is 5.82 Å². The molecule has 1 saturated carbocycles. The molecule has 4 rings (SSSR count). The van der Waals surface area contributed by atoms with E-state index in [0.717, 1.165) is 37.9 Å². The van der Waals surface area contributed by atoms with Gasteiger partial charge < -0.3 is 14.5 Å². The van der Waals surface area contributed by atoms with E-state index in [0.29, 0.717) is 50.0 Å². The number of ether oxygens (including phenoxy) is 1. The summed E-state index contributed by atoms with van der Waals surface area (Å²) < 4.78 is 5.37. The highest BCUT2D eigenvalue weighted by Crippen LogP contribution is 2.36. The topological polar surface area (TPSA) is 75.6 Å². The van der Waals surface area contributed by atoms with Crippen LogP contribution in [0.4, 0.5) is 0 Å².